The summed E-state index contributed by atoms with van der Waals surface area (Å²) in [6.07, 6.45) is 3.55. The molecule has 0 unspecified atom stereocenters. The number of hydrogen-bond acceptors (Lipinski definition) is 4. The predicted octanol–water partition coefficient (Wildman–Crippen LogP) is 2.11. The molecule has 2 aromatic heterocycles. The van der Waals surface area contributed by atoms with Crippen LogP contribution < -0.4 is 5.69 Å². The van der Waals surface area contributed by atoms with Gasteiger partial charge in [0, 0.05) is 5.56 Å². The molecule has 5 nitrogen and oxygen atoms in total. The van der Waals surface area contributed by atoms with Gasteiger partial charge in [-0.1, -0.05) is 41.6 Å². The van der Waals surface area contributed by atoms with Crippen LogP contribution in [0.1, 0.15) is 5.56 Å². The van der Waals surface area contributed by atoms with Gasteiger partial charge in [-0.05, 0) is 18.7 Å². The highest BCUT2D eigenvalue weighted by molar-refractivity contribution is 7.98. The van der Waals surface area contributed by atoms with Crippen molar-refractivity contribution in [2.24, 2.45) is 0 Å². The number of nitrogens with one attached hydrogen (secondary N) is 1. The van der Waals surface area contributed by atoms with E-state index in [1.165, 1.54) is 16.3 Å². The lowest BCUT2D eigenvalue weighted by molar-refractivity contribution is 0.787. The first-order valence-electron chi connectivity index (χ1n) is 5.78. The maximum absolute atomic E-state index is 11.9. The molecule has 3 aromatic rings. The quantitative estimate of drug-likeness (QED) is 0.726. The van der Waals surface area contributed by atoms with E-state index in [1.807, 2.05) is 31.4 Å². The van der Waals surface area contributed by atoms with E-state index in [0.29, 0.717) is 10.8 Å². The molecule has 0 aliphatic carbocycles. The second-order valence-electron chi connectivity index (χ2n) is 4.21. The zero-order chi connectivity index (χ0) is 13.4. The van der Waals surface area contributed by atoms with Gasteiger partial charge in [0.05, 0.1) is 6.20 Å². The van der Waals surface area contributed by atoms with Gasteiger partial charge in [0.15, 0.2) is 10.8 Å². The van der Waals surface area contributed by atoms with E-state index in [0.717, 1.165) is 16.7 Å². The fourth-order valence-corrected chi connectivity index (χ4v) is 2.35. The second-order valence-corrected chi connectivity index (χ2v) is 5.01. The van der Waals surface area contributed by atoms with Crippen molar-refractivity contribution < 1.29 is 0 Å². The van der Waals surface area contributed by atoms with Crippen LogP contribution in [0, 0.1) is 6.92 Å². The summed E-state index contributed by atoms with van der Waals surface area (Å²) in [4.78, 5) is 19.0. The summed E-state index contributed by atoms with van der Waals surface area (Å²) in [7, 11) is 0. The lowest BCUT2D eigenvalue weighted by atomic mass is 10.1. The Morgan fingerprint density at radius 1 is 1.37 bits per heavy atom. The number of H-pyrrole nitrogens is 1. The van der Waals surface area contributed by atoms with Crippen LogP contribution in [0.3, 0.4) is 0 Å². The molecule has 0 saturated heterocycles. The molecule has 0 amide bonds. The molecule has 2 heterocycles. The Kier molecular flexibility index (Phi) is 2.87. The molecule has 0 radical (unpaired) electrons. The number of hydrogen-bond donors (Lipinski definition) is 1. The SMILES string of the molecule is CSc1nc2c(-c3cccc(C)c3)cnn2c(=O)[nH]1. The molecule has 3 rings (SSSR count). The van der Waals surface area contributed by atoms with Crippen LogP contribution in [-0.4, -0.2) is 25.8 Å². The topological polar surface area (TPSA) is 63.1 Å². The minimum atomic E-state index is -0.270. The highest BCUT2D eigenvalue weighted by Crippen LogP contribution is 2.23. The second kappa shape index (κ2) is 4.55. The van der Waals surface area contributed by atoms with E-state index in [-0.39, 0.29) is 5.69 Å². The lowest BCUT2D eigenvalue weighted by Crippen LogP contribution is -2.19. The molecule has 0 aliphatic rings. The molecule has 19 heavy (non-hydrogen) atoms. The fraction of sp³-hybridized carbons (Fsp3) is 0.154. The Morgan fingerprint density at radius 3 is 2.95 bits per heavy atom. The van der Waals surface area contributed by atoms with E-state index < -0.39 is 0 Å². The van der Waals surface area contributed by atoms with Crippen molar-refractivity contribution in [1.82, 2.24) is 19.6 Å². The summed E-state index contributed by atoms with van der Waals surface area (Å²) in [5.74, 6) is 0. The Bertz CT molecular complexity index is 806. The van der Waals surface area contributed by atoms with Crippen LogP contribution in [0.25, 0.3) is 16.8 Å². The molecular formula is C13H12N4OS. The summed E-state index contributed by atoms with van der Waals surface area (Å²) in [5, 5.41) is 4.69. The molecule has 1 aromatic carbocycles. The van der Waals surface area contributed by atoms with E-state index in [2.05, 4.69) is 21.1 Å². The lowest BCUT2D eigenvalue weighted by Gasteiger charge is -2.01. The predicted molar refractivity (Wildman–Crippen MR) is 75.6 cm³/mol. The van der Waals surface area contributed by atoms with Crippen LogP contribution in [0.15, 0.2) is 40.4 Å². The Hall–Kier alpha value is -2.08. The van der Waals surface area contributed by atoms with E-state index >= 15 is 0 Å². The van der Waals surface area contributed by atoms with Crippen LogP contribution in [0.2, 0.25) is 0 Å². The number of benzene rings is 1. The average molecular weight is 272 g/mol. The summed E-state index contributed by atoms with van der Waals surface area (Å²) < 4.78 is 1.29. The van der Waals surface area contributed by atoms with Gasteiger partial charge in [0.2, 0.25) is 0 Å². The van der Waals surface area contributed by atoms with Gasteiger partial charge < -0.3 is 0 Å². The third kappa shape index (κ3) is 2.04. The number of aromatic nitrogens is 4. The fourth-order valence-electron chi connectivity index (χ4n) is 1.98. The van der Waals surface area contributed by atoms with Crippen LogP contribution >= 0.6 is 11.8 Å². The third-order valence-electron chi connectivity index (χ3n) is 2.88. The summed E-state index contributed by atoms with van der Waals surface area (Å²) in [6, 6.07) is 8.06. The molecule has 0 spiro atoms. The van der Waals surface area contributed by atoms with Gasteiger partial charge in [-0.2, -0.15) is 9.61 Å². The van der Waals surface area contributed by atoms with Crippen molar-refractivity contribution in [1.29, 1.82) is 0 Å². The number of thioether (sulfide) groups is 1. The van der Waals surface area contributed by atoms with Crippen molar-refractivity contribution in [3.8, 4) is 11.1 Å². The number of nitrogens with zero attached hydrogens (tertiary/aromatic N) is 3. The normalized spacial score (nSPS) is 11.1. The zero-order valence-electron chi connectivity index (χ0n) is 10.5. The molecule has 0 saturated carbocycles. The van der Waals surface area contributed by atoms with Crippen molar-refractivity contribution in [3.63, 3.8) is 0 Å². The van der Waals surface area contributed by atoms with E-state index in [4.69, 9.17) is 0 Å². The summed E-state index contributed by atoms with van der Waals surface area (Å²) >= 11 is 1.40. The first-order chi connectivity index (χ1) is 9.19. The molecule has 1 N–H and O–H groups in total. The van der Waals surface area contributed by atoms with Crippen molar-refractivity contribution in [2.45, 2.75) is 12.1 Å². The van der Waals surface area contributed by atoms with E-state index in [1.54, 1.807) is 6.20 Å². The van der Waals surface area contributed by atoms with Gasteiger partial charge in [-0.25, -0.2) is 9.78 Å². The number of rotatable bonds is 2. The highest BCUT2D eigenvalue weighted by Gasteiger charge is 2.11. The number of aryl methyl sites for hydroxylation is 1. The Morgan fingerprint density at radius 2 is 2.21 bits per heavy atom. The highest BCUT2D eigenvalue weighted by atomic mass is 32.2. The number of fused-ring (bicyclic) bond motifs is 1. The Labute approximate surface area is 113 Å². The van der Waals surface area contributed by atoms with Gasteiger partial charge in [-0.3, -0.25) is 4.98 Å². The molecule has 0 aliphatic heterocycles. The standard InChI is InChI=1S/C13H12N4OS/c1-8-4-3-5-9(6-8)10-7-14-17-11(10)15-12(19-2)16-13(17)18/h3-7H,1-2H3,(H,15,16,18). The van der Waals surface area contributed by atoms with Crippen LogP contribution in [0.5, 0.6) is 0 Å². The zero-order valence-corrected chi connectivity index (χ0v) is 11.4. The van der Waals surface area contributed by atoms with Crippen molar-refractivity contribution >= 4 is 17.4 Å². The maximum Gasteiger partial charge on any atom is 0.350 e. The Balaban J connectivity index is 2.30. The monoisotopic (exact) mass is 272 g/mol. The van der Waals surface area contributed by atoms with Gasteiger partial charge >= 0.3 is 5.69 Å². The minimum Gasteiger partial charge on any atom is -0.285 e. The summed E-state index contributed by atoms with van der Waals surface area (Å²) in [5.41, 5.74) is 3.35. The van der Waals surface area contributed by atoms with Crippen molar-refractivity contribution in [3.05, 3.63) is 46.5 Å². The molecule has 96 valence electrons. The molecule has 0 fully saturated rings. The summed E-state index contributed by atoms with van der Waals surface area (Å²) in [6.45, 7) is 2.03. The first-order valence-corrected chi connectivity index (χ1v) is 7.00. The molecule has 0 atom stereocenters. The molecule has 6 heteroatoms. The molecule has 0 bridgehead atoms. The third-order valence-corrected chi connectivity index (χ3v) is 3.46. The van der Waals surface area contributed by atoms with Crippen LogP contribution in [-0.2, 0) is 0 Å². The minimum absolute atomic E-state index is 0.270. The maximum atomic E-state index is 11.9. The van der Waals surface area contributed by atoms with E-state index in [9.17, 15) is 4.79 Å². The number of aromatic amines is 1. The molecular weight excluding hydrogens is 260 g/mol. The van der Waals surface area contributed by atoms with Gasteiger partial charge in [0.25, 0.3) is 0 Å². The van der Waals surface area contributed by atoms with Gasteiger partial charge in [0.1, 0.15) is 0 Å². The van der Waals surface area contributed by atoms with Crippen molar-refractivity contribution in [2.75, 3.05) is 6.26 Å². The average Bonchev–Trinajstić information content (AvgIpc) is 2.83. The first kappa shape index (κ1) is 12.0. The van der Waals surface area contributed by atoms with Crippen LogP contribution in [0.4, 0.5) is 0 Å². The largest absolute Gasteiger partial charge is 0.350 e. The smallest absolute Gasteiger partial charge is 0.285 e. The van der Waals surface area contributed by atoms with Gasteiger partial charge in [-0.15, -0.1) is 0 Å².